The summed E-state index contributed by atoms with van der Waals surface area (Å²) in [6, 6.07) is 13.4. The van der Waals surface area contributed by atoms with Gasteiger partial charge in [0.1, 0.15) is 6.04 Å². The number of carbonyl (C=O) groups is 2. The molecule has 5 nitrogen and oxygen atoms in total. The van der Waals surface area contributed by atoms with Gasteiger partial charge in [-0.25, -0.2) is 0 Å². The smallest absolute Gasteiger partial charge is 0.262 e. The molecule has 0 bridgehead atoms. The second-order valence-electron chi connectivity index (χ2n) is 6.82. The van der Waals surface area contributed by atoms with Crippen LogP contribution in [0.2, 0.25) is 0 Å². The number of nitrogens with zero attached hydrogens (tertiary/aromatic N) is 2. The summed E-state index contributed by atoms with van der Waals surface area (Å²) in [6.45, 7) is 6.89. The van der Waals surface area contributed by atoms with E-state index in [1.165, 1.54) is 17.0 Å². The van der Waals surface area contributed by atoms with Crippen molar-refractivity contribution in [2.45, 2.75) is 19.9 Å². The first-order valence-corrected chi connectivity index (χ1v) is 9.87. The highest BCUT2D eigenvalue weighted by molar-refractivity contribution is 7.12. The summed E-state index contributed by atoms with van der Waals surface area (Å²) < 4.78 is 0. The third kappa shape index (κ3) is 4.25. The fourth-order valence-electron chi connectivity index (χ4n) is 3.15. The molecule has 26 heavy (non-hydrogen) atoms. The summed E-state index contributed by atoms with van der Waals surface area (Å²) in [4.78, 5) is 30.1. The average Bonchev–Trinajstić information content (AvgIpc) is 3.21. The Bertz CT molecular complexity index is 723. The third-order valence-electron chi connectivity index (χ3n) is 4.68. The molecule has 1 aromatic carbocycles. The van der Waals surface area contributed by atoms with E-state index in [4.69, 9.17) is 0 Å². The molecule has 1 aromatic heterocycles. The Labute approximate surface area is 158 Å². The highest BCUT2D eigenvalue weighted by atomic mass is 32.1. The minimum absolute atomic E-state index is 0.0117. The number of nitrogens with one attached hydrogen (secondary N) is 1. The van der Waals surface area contributed by atoms with Crippen LogP contribution in [0.15, 0.2) is 47.8 Å². The van der Waals surface area contributed by atoms with Crippen LogP contribution in [0.25, 0.3) is 0 Å². The van der Waals surface area contributed by atoms with Gasteiger partial charge in [-0.05, 0) is 29.5 Å². The lowest BCUT2D eigenvalue weighted by Crippen LogP contribution is -2.56. The fourth-order valence-corrected chi connectivity index (χ4v) is 3.78. The summed E-state index contributed by atoms with van der Waals surface area (Å²) in [5, 5.41) is 4.79. The maximum Gasteiger partial charge on any atom is 0.262 e. The first-order chi connectivity index (χ1) is 12.6. The van der Waals surface area contributed by atoms with Crippen LogP contribution in [0, 0.1) is 5.92 Å². The van der Waals surface area contributed by atoms with Gasteiger partial charge in [0.05, 0.1) is 4.88 Å². The molecule has 138 valence electrons. The molecule has 1 saturated heterocycles. The molecule has 1 unspecified atom stereocenters. The predicted molar refractivity (Wildman–Crippen MR) is 106 cm³/mol. The van der Waals surface area contributed by atoms with Crippen LogP contribution in [0.1, 0.15) is 23.5 Å². The van der Waals surface area contributed by atoms with E-state index in [0.717, 1.165) is 13.1 Å². The zero-order chi connectivity index (χ0) is 18.5. The number of carbonyl (C=O) groups excluding carboxylic acids is 2. The van der Waals surface area contributed by atoms with Gasteiger partial charge in [0.2, 0.25) is 5.91 Å². The van der Waals surface area contributed by atoms with Crippen LogP contribution in [0.4, 0.5) is 5.69 Å². The molecular formula is C20H25N3O2S. The molecule has 1 N–H and O–H groups in total. The van der Waals surface area contributed by atoms with E-state index in [-0.39, 0.29) is 17.7 Å². The van der Waals surface area contributed by atoms with Crippen molar-refractivity contribution in [1.82, 2.24) is 10.2 Å². The lowest BCUT2D eigenvalue weighted by atomic mass is 10.0. The minimum Gasteiger partial charge on any atom is -0.368 e. The SMILES string of the molecule is CC(C)C(NC(=O)c1cccs1)C(=O)N1CCN(c2ccccc2)CC1. The second kappa shape index (κ2) is 8.36. The van der Waals surface area contributed by atoms with E-state index in [1.807, 2.05) is 48.4 Å². The van der Waals surface area contributed by atoms with Crippen molar-refractivity contribution in [2.24, 2.45) is 5.92 Å². The fraction of sp³-hybridized carbons (Fsp3) is 0.400. The van der Waals surface area contributed by atoms with Gasteiger partial charge in [-0.15, -0.1) is 11.3 Å². The molecule has 6 heteroatoms. The molecule has 1 atom stereocenters. The Morgan fingerprint density at radius 3 is 2.27 bits per heavy atom. The molecule has 0 radical (unpaired) electrons. The standard InChI is InChI=1S/C20H25N3O2S/c1-15(2)18(21-19(24)17-9-6-14-26-17)20(25)23-12-10-22(11-13-23)16-7-4-3-5-8-16/h3-9,14-15,18H,10-13H2,1-2H3,(H,21,24). The van der Waals surface area contributed by atoms with Gasteiger partial charge in [-0.2, -0.15) is 0 Å². The van der Waals surface area contributed by atoms with E-state index in [1.54, 1.807) is 6.07 Å². The highest BCUT2D eigenvalue weighted by Gasteiger charge is 2.31. The van der Waals surface area contributed by atoms with Crippen LogP contribution < -0.4 is 10.2 Å². The summed E-state index contributed by atoms with van der Waals surface area (Å²) in [7, 11) is 0. The van der Waals surface area contributed by atoms with Gasteiger partial charge in [0.15, 0.2) is 0 Å². The van der Waals surface area contributed by atoms with Crippen LogP contribution in [0.3, 0.4) is 0 Å². The normalized spacial score (nSPS) is 15.8. The quantitative estimate of drug-likeness (QED) is 0.879. The number of piperazine rings is 1. The summed E-state index contributed by atoms with van der Waals surface area (Å²) in [6.07, 6.45) is 0. The van der Waals surface area contributed by atoms with E-state index < -0.39 is 6.04 Å². The maximum atomic E-state index is 13.0. The number of hydrogen-bond acceptors (Lipinski definition) is 4. The van der Waals surface area contributed by atoms with Crippen molar-refractivity contribution in [3.63, 3.8) is 0 Å². The van der Waals surface area contributed by atoms with Crippen molar-refractivity contribution >= 4 is 28.8 Å². The molecule has 2 heterocycles. The third-order valence-corrected chi connectivity index (χ3v) is 5.55. The lowest BCUT2D eigenvalue weighted by Gasteiger charge is -2.38. The van der Waals surface area contributed by atoms with Crippen LogP contribution in [0.5, 0.6) is 0 Å². The zero-order valence-electron chi connectivity index (χ0n) is 15.2. The van der Waals surface area contributed by atoms with E-state index in [9.17, 15) is 9.59 Å². The molecule has 3 rings (SSSR count). The number of hydrogen-bond donors (Lipinski definition) is 1. The van der Waals surface area contributed by atoms with Gasteiger partial charge in [0, 0.05) is 31.9 Å². The molecule has 0 spiro atoms. The monoisotopic (exact) mass is 371 g/mol. The largest absolute Gasteiger partial charge is 0.368 e. The Balaban J connectivity index is 1.60. The van der Waals surface area contributed by atoms with E-state index >= 15 is 0 Å². The van der Waals surface area contributed by atoms with E-state index in [0.29, 0.717) is 18.0 Å². The first kappa shape index (κ1) is 18.5. The number of rotatable bonds is 5. The molecule has 1 fully saturated rings. The predicted octanol–water partition coefficient (Wildman–Crippen LogP) is 2.85. The lowest BCUT2D eigenvalue weighted by molar-refractivity contribution is -0.134. The van der Waals surface area contributed by atoms with Crippen molar-refractivity contribution < 1.29 is 9.59 Å². The number of para-hydroxylation sites is 1. The minimum atomic E-state index is -0.493. The van der Waals surface area contributed by atoms with Crippen molar-refractivity contribution in [3.8, 4) is 0 Å². The molecule has 1 aliphatic rings. The van der Waals surface area contributed by atoms with Gasteiger partial charge < -0.3 is 15.1 Å². The van der Waals surface area contributed by atoms with Crippen LogP contribution in [-0.2, 0) is 4.79 Å². The van der Waals surface area contributed by atoms with Gasteiger partial charge >= 0.3 is 0 Å². The molecule has 2 amide bonds. The number of anilines is 1. The summed E-state index contributed by atoms with van der Waals surface area (Å²) >= 11 is 1.39. The Morgan fingerprint density at radius 2 is 1.69 bits per heavy atom. The summed E-state index contributed by atoms with van der Waals surface area (Å²) in [5.41, 5.74) is 1.19. The number of amides is 2. The first-order valence-electron chi connectivity index (χ1n) is 8.99. The van der Waals surface area contributed by atoms with Gasteiger partial charge in [-0.1, -0.05) is 38.1 Å². The number of thiophene rings is 1. The Kier molecular flexibility index (Phi) is 5.93. The van der Waals surface area contributed by atoms with Crippen molar-refractivity contribution in [3.05, 3.63) is 52.7 Å². The average molecular weight is 372 g/mol. The molecule has 2 aromatic rings. The summed E-state index contributed by atoms with van der Waals surface area (Å²) in [5.74, 6) is -0.119. The number of benzene rings is 1. The van der Waals surface area contributed by atoms with Crippen LogP contribution >= 0.6 is 11.3 Å². The molecule has 0 saturated carbocycles. The Morgan fingerprint density at radius 1 is 1.00 bits per heavy atom. The van der Waals surface area contributed by atoms with Gasteiger partial charge in [-0.3, -0.25) is 9.59 Å². The highest BCUT2D eigenvalue weighted by Crippen LogP contribution is 2.17. The Hall–Kier alpha value is -2.34. The molecule has 0 aliphatic carbocycles. The zero-order valence-corrected chi connectivity index (χ0v) is 16.0. The topological polar surface area (TPSA) is 52.7 Å². The molecular weight excluding hydrogens is 346 g/mol. The van der Waals surface area contributed by atoms with Crippen molar-refractivity contribution in [1.29, 1.82) is 0 Å². The second-order valence-corrected chi connectivity index (χ2v) is 7.77. The van der Waals surface area contributed by atoms with Gasteiger partial charge in [0.25, 0.3) is 5.91 Å². The van der Waals surface area contributed by atoms with E-state index in [2.05, 4.69) is 22.3 Å². The molecule has 1 aliphatic heterocycles. The van der Waals surface area contributed by atoms with Crippen molar-refractivity contribution in [2.75, 3.05) is 31.1 Å². The van der Waals surface area contributed by atoms with Crippen LogP contribution in [-0.4, -0.2) is 48.9 Å². The maximum absolute atomic E-state index is 13.0.